The van der Waals surface area contributed by atoms with Gasteiger partial charge < -0.3 is 16.8 Å². The van der Waals surface area contributed by atoms with Crippen molar-refractivity contribution in [2.45, 2.75) is 38.0 Å². The van der Waals surface area contributed by atoms with E-state index in [0.29, 0.717) is 16.8 Å². The highest BCUT2D eigenvalue weighted by molar-refractivity contribution is 6.03. The third-order valence-corrected chi connectivity index (χ3v) is 6.71. The van der Waals surface area contributed by atoms with Gasteiger partial charge in [0.05, 0.1) is 24.3 Å². The van der Waals surface area contributed by atoms with Gasteiger partial charge in [0.15, 0.2) is 0 Å². The fourth-order valence-electron chi connectivity index (χ4n) is 5.03. The molecule has 174 valence electrons. The Bertz CT molecular complexity index is 1200. The highest BCUT2D eigenvalue weighted by Crippen LogP contribution is 2.53. The standard InChI is InChI=1S/C22H24F3N7O/c23-22(24,25)15-3-1-2-13(6-15)10-31-11-14(9-29-31)18-17(20(27)33)19(26)32(30-18)16-7-21(8-16)4-5-28-12-21/h1-3,6,9,11,16,28H,4-5,7-8,10,12,26H2,(H2,27,33)/t16-,21-. The van der Waals surface area contributed by atoms with Crippen LogP contribution in [0.25, 0.3) is 11.3 Å². The van der Waals surface area contributed by atoms with Crippen molar-refractivity contribution in [1.29, 1.82) is 0 Å². The second-order valence-corrected chi connectivity index (χ2v) is 9.03. The highest BCUT2D eigenvalue weighted by Gasteiger charge is 2.48. The molecule has 2 fully saturated rings. The monoisotopic (exact) mass is 459 g/mol. The first-order chi connectivity index (χ1) is 15.7. The first-order valence-corrected chi connectivity index (χ1v) is 10.7. The molecule has 1 aliphatic heterocycles. The summed E-state index contributed by atoms with van der Waals surface area (Å²) in [5.74, 6) is -0.454. The molecule has 1 aliphatic carbocycles. The summed E-state index contributed by atoms with van der Waals surface area (Å²) >= 11 is 0. The number of rotatable bonds is 5. The molecule has 33 heavy (non-hydrogen) atoms. The minimum Gasteiger partial charge on any atom is -0.383 e. The molecular weight excluding hydrogens is 435 g/mol. The third-order valence-electron chi connectivity index (χ3n) is 6.71. The molecule has 1 saturated carbocycles. The summed E-state index contributed by atoms with van der Waals surface area (Å²) in [6.45, 7) is 2.11. The van der Waals surface area contributed by atoms with Crippen molar-refractivity contribution in [2.24, 2.45) is 11.1 Å². The van der Waals surface area contributed by atoms with E-state index in [4.69, 9.17) is 11.5 Å². The number of carbonyl (C=O) groups is 1. The summed E-state index contributed by atoms with van der Waals surface area (Å²) in [4.78, 5) is 12.2. The van der Waals surface area contributed by atoms with Gasteiger partial charge in [0.1, 0.15) is 17.1 Å². The first kappa shape index (κ1) is 21.5. The summed E-state index contributed by atoms with van der Waals surface area (Å²) < 4.78 is 42.2. The average Bonchev–Trinajstić information content (AvgIpc) is 3.45. The molecular formula is C22H24F3N7O. The summed E-state index contributed by atoms with van der Waals surface area (Å²) in [5.41, 5.74) is 12.9. The minimum atomic E-state index is -4.42. The number of nitrogens with zero attached hydrogens (tertiary/aromatic N) is 4. The molecule has 5 rings (SSSR count). The van der Waals surface area contributed by atoms with Crippen molar-refractivity contribution in [2.75, 3.05) is 18.8 Å². The van der Waals surface area contributed by atoms with Crippen LogP contribution in [0.3, 0.4) is 0 Å². The predicted octanol–water partition coefficient (Wildman–Crippen LogP) is 2.81. The van der Waals surface area contributed by atoms with Crippen LogP contribution >= 0.6 is 0 Å². The number of benzene rings is 1. The summed E-state index contributed by atoms with van der Waals surface area (Å²) in [5, 5.41) is 12.2. The Balaban J connectivity index is 1.40. The Labute approximate surface area is 187 Å². The SMILES string of the molecule is NC(=O)c1c(-c2cnn(Cc3cccc(C(F)(F)F)c3)c2)nn([C@H]2C[C@@]3(CCNC3)C2)c1N. The second kappa shape index (κ2) is 7.62. The number of amides is 1. The zero-order valence-electron chi connectivity index (χ0n) is 17.8. The molecule has 1 spiro atoms. The van der Waals surface area contributed by atoms with Crippen LogP contribution in [0.4, 0.5) is 19.0 Å². The Morgan fingerprint density at radius 2 is 2.09 bits per heavy atom. The van der Waals surface area contributed by atoms with Crippen LogP contribution in [0.2, 0.25) is 0 Å². The molecule has 0 radical (unpaired) electrons. The smallest absolute Gasteiger partial charge is 0.383 e. The Hall–Kier alpha value is -3.34. The molecule has 5 N–H and O–H groups in total. The van der Waals surface area contributed by atoms with Gasteiger partial charge in [0.2, 0.25) is 0 Å². The lowest BCUT2D eigenvalue weighted by molar-refractivity contribution is -0.137. The van der Waals surface area contributed by atoms with Gasteiger partial charge in [0, 0.05) is 18.3 Å². The van der Waals surface area contributed by atoms with Crippen molar-refractivity contribution in [3.8, 4) is 11.3 Å². The molecule has 1 amide bonds. The molecule has 2 aliphatic rings. The number of alkyl halides is 3. The number of aromatic nitrogens is 4. The van der Waals surface area contributed by atoms with Gasteiger partial charge in [-0.25, -0.2) is 4.68 Å². The number of anilines is 1. The van der Waals surface area contributed by atoms with Crippen LogP contribution in [-0.2, 0) is 12.7 Å². The lowest BCUT2D eigenvalue weighted by atomic mass is 9.65. The van der Waals surface area contributed by atoms with Gasteiger partial charge in [-0.1, -0.05) is 12.1 Å². The molecule has 8 nitrogen and oxygen atoms in total. The fourth-order valence-corrected chi connectivity index (χ4v) is 5.03. The van der Waals surface area contributed by atoms with Crippen molar-refractivity contribution in [1.82, 2.24) is 24.9 Å². The van der Waals surface area contributed by atoms with E-state index >= 15 is 0 Å². The highest BCUT2D eigenvalue weighted by atomic mass is 19.4. The normalized spacial score (nSPS) is 22.6. The molecule has 1 aromatic carbocycles. The molecule has 2 aromatic heterocycles. The van der Waals surface area contributed by atoms with Crippen molar-refractivity contribution in [3.05, 3.63) is 53.3 Å². The maximum Gasteiger partial charge on any atom is 0.416 e. The Morgan fingerprint density at radius 3 is 2.76 bits per heavy atom. The van der Waals surface area contributed by atoms with Crippen LogP contribution in [0.1, 0.15) is 46.8 Å². The van der Waals surface area contributed by atoms with Crippen LogP contribution in [0, 0.1) is 5.41 Å². The number of primary amides is 1. The van der Waals surface area contributed by atoms with E-state index < -0.39 is 17.6 Å². The summed E-state index contributed by atoms with van der Waals surface area (Å²) in [7, 11) is 0. The topological polar surface area (TPSA) is 117 Å². The summed E-state index contributed by atoms with van der Waals surface area (Å²) in [6.07, 6.45) is 1.69. The predicted molar refractivity (Wildman–Crippen MR) is 115 cm³/mol. The Morgan fingerprint density at radius 1 is 1.30 bits per heavy atom. The number of nitrogens with one attached hydrogen (secondary N) is 1. The largest absolute Gasteiger partial charge is 0.416 e. The maximum atomic E-state index is 13.0. The average molecular weight is 459 g/mol. The lowest BCUT2D eigenvalue weighted by Crippen LogP contribution is -2.40. The fraction of sp³-hybridized carbons (Fsp3) is 0.409. The van der Waals surface area contributed by atoms with Crippen LogP contribution in [0.5, 0.6) is 0 Å². The van der Waals surface area contributed by atoms with E-state index in [1.807, 2.05) is 0 Å². The third kappa shape index (κ3) is 3.86. The molecule has 3 aromatic rings. The number of hydrogen-bond acceptors (Lipinski definition) is 5. The summed E-state index contributed by atoms with van der Waals surface area (Å²) in [6, 6.07) is 5.17. The van der Waals surface area contributed by atoms with Crippen LogP contribution in [-0.4, -0.2) is 38.6 Å². The van der Waals surface area contributed by atoms with Crippen molar-refractivity contribution >= 4 is 11.7 Å². The molecule has 11 heteroatoms. The van der Waals surface area contributed by atoms with E-state index in [2.05, 4.69) is 15.5 Å². The molecule has 0 unspecified atom stereocenters. The van der Waals surface area contributed by atoms with E-state index in [-0.39, 0.29) is 29.4 Å². The van der Waals surface area contributed by atoms with Gasteiger partial charge >= 0.3 is 6.18 Å². The number of nitrogen functional groups attached to an aromatic ring is 1. The van der Waals surface area contributed by atoms with E-state index in [9.17, 15) is 18.0 Å². The molecule has 0 bridgehead atoms. The van der Waals surface area contributed by atoms with Crippen molar-refractivity contribution < 1.29 is 18.0 Å². The van der Waals surface area contributed by atoms with E-state index in [1.54, 1.807) is 16.9 Å². The number of halogens is 3. The zero-order valence-corrected chi connectivity index (χ0v) is 17.8. The first-order valence-electron chi connectivity index (χ1n) is 10.7. The molecule has 0 atom stereocenters. The van der Waals surface area contributed by atoms with Gasteiger partial charge in [-0.05, 0) is 48.9 Å². The quantitative estimate of drug-likeness (QED) is 0.543. The lowest BCUT2D eigenvalue weighted by Gasteiger charge is -2.45. The number of nitrogens with two attached hydrogens (primary N) is 2. The van der Waals surface area contributed by atoms with Crippen LogP contribution < -0.4 is 16.8 Å². The number of hydrogen-bond donors (Lipinski definition) is 3. The molecule has 3 heterocycles. The van der Waals surface area contributed by atoms with Crippen LogP contribution in [0.15, 0.2) is 36.7 Å². The zero-order chi connectivity index (χ0) is 23.4. The second-order valence-electron chi connectivity index (χ2n) is 9.03. The van der Waals surface area contributed by atoms with Gasteiger partial charge in [0.25, 0.3) is 5.91 Å². The van der Waals surface area contributed by atoms with Gasteiger partial charge in [-0.15, -0.1) is 0 Å². The maximum absolute atomic E-state index is 13.0. The van der Waals surface area contributed by atoms with E-state index in [1.165, 1.54) is 16.9 Å². The van der Waals surface area contributed by atoms with Gasteiger partial charge in [-0.2, -0.15) is 23.4 Å². The molecule has 1 saturated heterocycles. The Kier molecular flexibility index (Phi) is 4.96. The number of carbonyl (C=O) groups excluding carboxylic acids is 1. The minimum absolute atomic E-state index is 0.0944. The van der Waals surface area contributed by atoms with Crippen molar-refractivity contribution in [3.63, 3.8) is 0 Å². The van der Waals surface area contributed by atoms with Gasteiger partial charge in [-0.3, -0.25) is 9.48 Å². The van der Waals surface area contributed by atoms with E-state index in [0.717, 1.165) is 44.5 Å².